The molecule has 0 aromatic heterocycles. The van der Waals surface area contributed by atoms with E-state index in [0.717, 1.165) is 31.4 Å². The second-order valence-electron chi connectivity index (χ2n) is 6.83. The Morgan fingerprint density at radius 3 is 2.44 bits per heavy atom. The highest BCUT2D eigenvalue weighted by atomic mass is 35.5. The smallest absolute Gasteiger partial charge is 0.246 e. The van der Waals surface area contributed by atoms with Gasteiger partial charge in [-0.05, 0) is 31.0 Å². The minimum atomic E-state index is -4.00. The van der Waals surface area contributed by atoms with Crippen LogP contribution in [0.2, 0.25) is 0 Å². The average molecular weight is 422 g/mol. The average Bonchev–Trinajstić information content (AvgIpc) is 2.64. The first-order valence-corrected chi connectivity index (χ1v) is 10.2. The van der Waals surface area contributed by atoms with Gasteiger partial charge in [-0.2, -0.15) is 4.31 Å². The number of benzene rings is 1. The van der Waals surface area contributed by atoms with E-state index in [1.807, 2.05) is 0 Å². The van der Waals surface area contributed by atoms with E-state index in [0.29, 0.717) is 12.8 Å². The van der Waals surface area contributed by atoms with E-state index in [-0.39, 0.29) is 50.3 Å². The van der Waals surface area contributed by atoms with Gasteiger partial charge in [0.05, 0.1) is 18.8 Å². The first kappa shape index (κ1) is 22.0. The van der Waals surface area contributed by atoms with Crippen LogP contribution in [0, 0.1) is 5.82 Å². The lowest BCUT2D eigenvalue weighted by Crippen LogP contribution is -2.52. The second kappa shape index (κ2) is 8.83. The van der Waals surface area contributed by atoms with Crippen molar-refractivity contribution >= 4 is 34.0 Å². The van der Waals surface area contributed by atoms with Crippen LogP contribution in [-0.4, -0.2) is 50.5 Å². The Balaban J connectivity index is 0.00000261. The van der Waals surface area contributed by atoms with Gasteiger partial charge in [-0.25, -0.2) is 12.8 Å². The molecule has 1 aromatic carbocycles. The van der Waals surface area contributed by atoms with Crippen molar-refractivity contribution in [3.63, 3.8) is 0 Å². The molecule has 1 saturated carbocycles. The summed E-state index contributed by atoms with van der Waals surface area (Å²) >= 11 is 0. The molecule has 3 N–H and O–H groups in total. The van der Waals surface area contributed by atoms with Gasteiger partial charge < -0.3 is 15.8 Å². The predicted octanol–water partition coefficient (Wildman–Crippen LogP) is 1.87. The number of morpholine rings is 1. The Morgan fingerprint density at radius 2 is 1.81 bits per heavy atom. The molecular weight excluding hydrogens is 397 g/mol. The van der Waals surface area contributed by atoms with Crippen molar-refractivity contribution in [1.29, 1.82) is 0 Å². The van der Waals surface area contributed by atoms with Crippen molar-refractivity contribution in [2.45, 2.75) is 42.5 Å². The highest BCUT2D eigenvalue weighted by Gasteiger charge is 2.36. The van der Waals surface area contributed by atoms with Crippen molar-refractivity contribution in [3.05, 3.63) is 24.0 Å². The topological polar surface area (TPSA) is 102 Å². The van der Waals surface area contributed by atoms with Crippen LogP contribution in [0.5, 0.6) is 0 Å². The van der Waals surface area contributed by atoms with Crippen LogP contribution in [0.15, 0.2) is 23.1 Å². The maximum absolute atomic E-state index is 14.2. The van der Waals surface area contributed by atoms with E-state index in [1.54, 1.807) is 0 Å². The first-order valence-electron chi connectivity index (χ1n) is 8.81. The number of carbonyl (C=O) groups excluding carboxylic acids is 1. The number of halogens is 2. The van der Waals surface area contributed by atoms with Gasteiger partial charge in [0.1, 0.15) is 10.7 Å². The predicted molar refractivity (Wildman–Crippen MR) is 102 cm³/mol. The standard InChI is InChI=1S/C17H24FN3O4S.ClH/c18-14-5-4-13(20-16(22)17(19)6-2-1-3-7-17)12-15(14)26(23,24)21-8-10-25-11-9-21;/h4-5,12H,1-3,6-11,19H2,(H,20,22);1H. The molecule has 10 heteroatoms. The molecule has 1 aliphatic carbocycles. The molecule has 27 heavy (non-hydrogen) atoms. The maximum Gasteiger partial charge on any atom is 0.246 e. The molecule has 1 aromatic rings. The first-order chi connectivity index (χ1) is 12.3. The number of hydrogen-bond acceptors (Lipinski definition) is 5. The molecule has 3 rings (SSSR count). The largest absolute Gasteiger partial charge is 0.379 e. The van der Waals surface area contributed by atoms with Gasteiger partial charge >= 0.3 is 0 Å². The Morgan fingerprint density at radius 1 is 1.19 bits per heavy atom. The maximum atomic E-state index is 14.2. The van der Waals surface area contributed by atoms with E-state index < -0.39 is 26.3 Å². The van der Waals surface area contributed by atoms with E-state index >= 15 is 0 Å². The molecule has 1 aliphatic heterocycles. The number of sulfonamides is 1. The van der Waals surface area contributed by atoms with Crippen LogP contribution in [0.4, 0.5) is 10.1 Å². The summed E-state index contributed by atoms with van der Waals surface area (Å²) in [4.78, 5) is 12.1. The van der Waals surface area contributed by atoms with Crippen molar-refractivity contribution in [2.75, 3.05) is 31.6 Å². The van der Waals surface area contributed by atoms with Gasteiger partial charge in [0.25, 0.3) is 0 Å². The summed E-state index contributed by atoms with van der Waals surface area (Å²) in [7, 11) is -4.00. The SMILES string of the molecule is Cl.NC1(C(=O)Nc2ccc(F)c(S(=O)(=O)N3CCOCC3)c2)CCCCC1. The molecule has 0 unspecified atom stereocenters. The third-order valence-electron chi connectivity index (χ3n) is 4.97. The van der Waals surface area contributed by atoms with Crippen LogP contribution in [0.25, 0.3) is 0 Å². The summed E-state index contributed by atoms with van der Waals surface area (Å²) in [6.45, 7) is 0.883. The molecule has 1 saturated heterocycles. The zero-order valence-corrected chi connectivity index (χ0v) is 16.6. The number of hydrogen-bond donors (Lipinski definition) is 2. The van der Waals surface area contributed by atoms with Crippen molar-refractivity contribution in [1.82, 2.24) is 4.31 Å². The molecule has 2 aliphatic rings. The summed E-state index contributed by atoms with van der Waals surface area (Å²) in [5.74, 6) is -1.21. The lowest BCUT2D eigenvalue weighted by atomic mass is 9.82. The van der Waals surface area contributed by atoms with Crippen LogP contribution >= 0.6 is 12.4 Å². The van der Waals surface area contributed by atoms with E-state index in [9.17, 15) is 17.6 Å². The number of nitrogens with two attached hydrogens (primary N) is 1. The second-order valence-corrected chi connectivity index (χ2v) is 8.74. The monoisotopic (exact) mass is 421 g/mol. The third-order valence-corrected chi connectivity index (χ3v) is 6.89. The fourth-order valence-electron chi connectivity index (χ4n) is 3.37. The number of ether oxygens (including phenoxy) is 1. The lowest BCUT2D eigenvalue weighted by Gasteiger charge is -2.32. The minimum absolute atomic E-state index is 0. The molecule has 0 atom stereocenters. The number of amides is 1. The lowest BCUT2D eigenvalue weighted by molar-refractivity contribution is -0.122. The molecule has 0 bridgehead atoms. The summed E-state index contributed by atoms with van der Waals surface area (Å²) in [5, 5.41) is 2.66. The van der Waals surface area contributed by atoms with Crippen molar-refractivity contribution in [2.24, 2.45) is 5.73 Å². The Labute approximate surface area is 164 Å². The van der Waals surface area contributed by atoms with Crippen LogP contribution in [-0.2, 0) is 19.6 Å². The molecule has 152 valence electrons. The Bertz CT molecular complexity index is 778. The molecule has 1 heterocycles. The minimum Gasteiger partial charge on any atom is -0.379 e. The quantitative estimate of drug-likeness (QED) is 0.772. The zero-order valence-electron chi connectivity index (χ0n) is 14.9. The number of nitrogens with zero attached hydrogens (tertiary/aromatic N) is 1. The summed E-state index contributed by atoms with van der Waals surface area (Å²) in [6.07, 6.45) is 3.97. The normalized spacial score (nSPS) is 20.5. The zero-order chi connectivity index (χ0) is 18.8. The highest BCUT2D eigenvalue weighted by Crippen LogP contribution is 2.28. The highest BCUT2D eigenvalue weighted by molar-refractivity contribution is 7.89. The van der Waals surface area contributed by atoms with Crippen LogP contribution in [0.1, 0.15) is 32.1 Å². The van der Waals surface area contributed by atoms with Crippen LogP contribution in [0.3, 0.4) is 0 Å². The van der Waals surface area contributed by atoms with E-state index in [2.05, 4.69) is 5.32 Å². The molecule has 7 nitrogen and oxygen atoms in total. The summed E-state index contributed by atoms with van der Waals surface area (Å²) in [6, 6.07) is 3.55. The van der Waals surface area contributed by atoms with Crippen molar-refractivity contribution < 1.29 is 22.3 Å². The van der Waals surface area contributed by atoms with Crippen molar-refractivity contribution in [3.8, 4) is 0 Å². The molecule has 1 amide bonds. The number of carbonyl (C=O) groups is 1. The van der Waals surface area contributed by atoms with Gasteiger partial charge in [-0.1, -0.05) is 19.3 Å². The van der Waals surface area contributed by atoms with Gasteiger partial charge in [0.2, 0.25) is 15.9 Å². The summed E-state index contributed by atoms with van der Waals surface area (Å²) < 4.78 is 46.0. The van der Waals surface area contributed by atoms with Gasteiger partial charge in [-0.15, -0.1) is 12.4 Å². The molecule has 0 spiro atoms. The molecule has 2 fully saturated rings. The van der Waals surface area contributed by atoms with Gasteiger partial charge in [0.15, 0.2) is 0 Å². The van der Waals surface area contributed by atoms with E-state index in [1.165, 1.54) is 10.4 Å². The number of rotatable bonds is 4. The summed E-state index contributed by atoms with van der Waals surface area (Å²) in [5.41, 5.74) is 5.45. The fourth-order valence-corrected chi connectivity index (χ4v) is 4.87. The molecule has 0 radical (unpaired) electrons. The molecular formula is C17H25ClFN3O4S. The van der Waals surface area contributed by atoms with E-state index in [4.69, 9.17) is 10.5 Å². The Kier molecular flexibility index (Phi) is 7.20. The number of anilines is 1. The van der Waals surface area contributed by atoms with Crippen LogP contribution < -0.4 is 11.1 Å². The number of nitrogens with one attached hydrogen (secondary N) is 1. The fraction of sp³-hybridized carbons (Fsp3) is 0.588. The van der Waals surface area contributed by atoms with Gasteiger partial charge in [0, 0.05) is 18.8 Å². The third kappa shape index (κ3) is 4.78. The Hall–Kier alpha value is -1.26. The van der Waals surface area contributed by atoms with Gasteiger partial charge in [-0.3, -0.25) is 4.79 Å².